The average molecular weight is 490 g/mol. The van der Waals surface area contributed by atoms with Crippen molar-refractivity contribution in [2.75, 3.05) is 12.3 Å². The van der Waals surface area contributed by atoms with Gasteiger partial charge in [-0.3, -0.25) is 19.4 Å². The van der Waals surface area contributed by atoms with Crippen molar-refractivity contribution in [3.05, 3.63) is 0 Å². The minimum atomic E-state index is -1.23. The van der Waals surface area contributed by atoms with Gasteiger partial charge in [-0.1, -0.05) is 27.7 Å². The summed E-state index contributed by atoms with van der Waals surface area (Å²) in [6.45, 7) is 7.56. The zero-order valence-corrected chi connectivity index (χ0v) is 20.6. The number of carboxylic acids is 1. The van der Waals surface area contributed by atoms with Crippen LogP contribution in [0.3, 0.4) is 0 Å². The second kappa shape index (κ2) is 15.3. The van der Waals surface area contributed by atoms with E-state index in [0.29, 0.717) is 12.8 Å². The Labute approximate surface area is 200 Å². The molecule has 12 nitrogen and oxygen atoms in total. The third kappa shape index (κ3) is 12.3. The lowest BCUT2D eigenvalue weighted by Gasteiger charge is -2.26. The highest BCUT2D eigenvalue weighted by Crippen LogP contribution is 2.07. The number of carboxylic acid groups (broad SMARTS) is 1. The number of guanidine groups is 1. The Hall–Kier alpha value is -2.54. The van der Waals surface area contributed by atoms with E-state index in [1.807, 2.05) is 13.8 Å². The summed E-state index contributed by atoms with van der Waals surface area (Å²) in [4.78, 5) is 53.0. The quantitative estimate of drug-likeness (QED) is 0.0587. The van der Waals surface area contributed by atoms with Crippen LogP contribution in [0, 0.1) is 11.8 Å². The normalized spacial score (nSPS) is 14.7. The first-order valence-electron chi connectivity index (χ1n) is 10.9. The molecule has 0 heterocycles. The first-order chi connectivity index (χ1) is 15.3. The predicted octanol–water partition coefficient (Wildman–Crippen LogP) is -1.46. The summed E-state index contributed by atoms with van der Waals surface area (Å²) in [7, 11) is 0. The van der Waals surface area contributed by atoms with Crippen LogP contribution in [0.2, 0.25) is 0 Å². The van der Waals surface area contributed by atoms with E-state index in [2.05, 4.69) is 33.6 Å². The molecule has 0 saturated heterocycles. The molecule has 10 N–H and O–H groups in total. The minimum Gasteiger partial charge on any atom is -0.480 e. The molecule has 0 aliphatic heterocycles. The van der Waals surface area contributed by atoms with Crippen molar-refractivity contribution >= 4 is 42.3 Å². The highest BCUT2D eigenvalue weighted by atomic mass is 32.1. The fourth-order valence-electron chi connectivity index (χ4n) is 2.90. The molecule has 0 saturated carbocycles. The maximum atomic E-state index is 12.8. The summed E-state index contributed by atoms with van der Waals surface area (Å²) >= 11 is 4.10. The highest BCUT2D eigenvalue weighted by molar-refractivity contribution is 7.80. The second-order valence-electron chi connectivity index (χ2n) is 8.56. The zero-order chi connectivity index (χ0) is 25.7. The van der Waals surface area contributed by atoms with E-state index in [4.69, 9.17) is 17.2 Å². The van der Waals surface area contributed by atoms with Gasteiger partial charge in [0.2, 0.25) is 17.7 Å². The average Bonchev–Trinajstić information content (AvgIpc) is 2.70. The Morgan fingerprint density at radius 1 is 0.939 bits per heavy atom. The van der Waals surface area contributed by atoms with Gasteiger partial charge in [0.05, 0.1) is 6.04 Å². The molecular formula is C20H39N7O5S. The molecule has 0 aromatic heterocycles. The van der Waals surface area contributed by atoms with Crippen molar-refractivity contribution in [2.24, 2.45) is 34.0 Å². The lowest BCUT2D eigenvalue weighted by Crippen LogP contribution is -2.59. The number of aliphatic imine (C=N–C) groups is 1. The second-order valence-corrected chi connectivity index (χ2v) is 8.92. The number of carbonyl (C=O) groups excluding carboxylic acids is 3. The maximum Gasteiger partial charge on any atom is 0.326 e. The van der Waals surface area contributed by atoms with Crippen molar-refractivity contribution in [1.82, 2.24) is 16.0 Å². The first-order valence-corrected chi connectivity index (χ1v) is 11.5. The predicted molar refractivity (Wildman–Crippen MR) is 129 cm³/mol. The van der Waals surface area contributed by atoms with Crippen LogP contribution >= 0.6 is 12.6 Å². The van der Waals surface area contributed by atoms with Crippen LogP contribution in [0.25, 0.3) is 0 Å². The van der Waals surface area contributed by atoms with Crippen LogP contribution in [0.4, 0.5) is 0 Å². The van der Waals surface area contributed by atoms with E-state index in [-0.39, 0.29) is 36.5 Å². The summed E-state index contributed by atoms with van der Waals surface area (Å²) in [5.41, 5.74) is 16.3. The van der Waals surface area contributed by atoms with Crippen molar-refractivity contribution in [1.29, 1.82) is 0 Å². The fourth-order valence-corrected chi connectivity index (χ4v) is 3.16. The van der Waals surface area contributed by atoms with Crippen LogP contribution in [0.15, 0.2) is 4.99 Å². The molecule has 190 valence electrons. The van der Waals surface area contributed by atoms with Crippen molar-refractivity contribution in [3.8, 4) is 0 Å². The van der Waals surface area contributed by atoms with E-state index in [1.54, 1.807) is 13.8 Å². The molecule has 0 radical (unpaired) electrons. The summed E-state index contributed by atoms with van der Waals surface area (Å²) in [6.07, 6.45) is 0.869. The number of nitrogens with zero attached hydrogens (tertiary/aromatic N) is 1. The van der Waals surface area contributed by atoms with Gasteiger partial charge in [0, 0.05) is 12.3 Å². The molecule has 0 bridgehead atoms. The summed E-state index contributed by atoms with van der Waals surface area (Å²) in [5, 5.41) is 16.9. The molecule has 3 amide bonds. The number of aliphatic carboxylic acids is 1. The summed E-state index contributed by atoms with van der Waals surface area (Å²) < 4.78 is 0. The van der Waals surface area contributed by atoms with Gasteiger partial charge in [-0.15, -0.1) is 0 Å². The summed E-state index contributed by atoms with van der Waals surface area (Å²) in [5.74, 6) is -3.27. The van der Waals surface area contributed by atoms with Gasteiger partial charge in [-0.25, -0.2) is 4.79 Å². The molecule has 0 aliphatic carbocycles. The molecule has 0 fully saturated rings. The monoisotopic (exact) mass is 489 g/mol. The molecule has 13 heteroatoms. The van der Waals surface area contributed by atoms with Gasteiger partial charge in [0.1, 0.15) is 18.1 Å². The lowest BCUT2D eigenvalue weighted by atomic mass is 10.00. The minimum absolute atomic E-state index is 0.0798. The van der Waals surface area contributed by atoms with E-state index in [0.717, 1.165) is 0 Å². The van der Waals surface area contributed by atoms with Crippen LogP contribution in [0.5, 0.6) is 0 Å². The maximum absolute atomic E-state index is 12.8. The largest absolute Gasteiger partial charge is 0.480 e. The van der Waals surface area contributed by atoms with Crippen LogP contribution in [0.1, 0.15) is 47.0 Å². The van der Waals surface area contributed by atoms with Crippen LogP contribution in [-0.4, -0.2) is 71.2 Å². The topological polar surface area (TPSA) is 215 Å². The van der Waals surface area contributed by atoms with E-state index in [9.17, 15) is 24.3 Å². The SMILES string of the molecule is CC(C)CC(N)C(=O)NC(C(=O)NC(CS)C(=O)NC(CCCN=C(N)N)C(=O)O)C(C)C. The Bertz CT molecular complexity index is 698. The number of nitrogens with two attached hydrogens (primary N) is 3. The zero-order valence-electron chi connectivity index (χ0n) is 19.7. The van der Waals surface area contributed by atoms with Crippen molar-refractivity contribution < 1.29 is 24.3 Å². The fraction of sp³-hybridized carbons (Fsp3) is 0.750. The van der Waals surface area contributed by atoms with E-state index in [1.165, 1.54) is 0 Å². The highest BCUT2D eigenvalue weighted by Gasteiger charge is 2.31. The molecule has 4 atom stereocenters. The van der Waals surface area contributed by atoms with Crippen LogP contribution in [-0.2, 0) is 19.2 Å². The number of carbonyl (C=O) groups is 4. The number of rotatable bonds is 15. The molecule has 0 aliphatic rings. The molecular weight excluding hydrogens is 450 g/mol. The van der Waals surface area contributed by atoms with Gasteiger partial charge in [-0.2, -0.15) is 12.6 Å². The molecule has 0 aromatic rings. The molecule has 0 aromatic carbocycles. The first kappa shape index (κ1) is 30.5. The van der Waals surface area contributed by atoms with Gasteiger partial charge < -0.3 is 38.3 Å². The van der Waals surface area contributed by atoms with Crippen molar-refractivity contribution in [2.45, 2.75) is 71.1 Å². The Morgan fingerprint density at radius 2 is 1.52 bits per heavy atom. The van der Waals surface area contributed by atoms with Gasteiger partial charge in [0.15, 0.2) is 5.96 Å². The standard InChI is InChI=1S/C20H39N7O5S/c1-10(2)8-12(21)16(28)27-15(11(3)4)18(30)26-14(9-33)17(29)25-13(19(31)32)6-5-7-24-20(22)23/h10-15,33H,5-9,21H2,1-4H3,(H,25,29)(H,26,30)(H,27,28)(H,31,32)(H4,22,23,24). The number of nitrogens with one attached hydrogen (secondary N) is 3. The molecule has 0 spiro atoms. The number of thiol groups is 1. The van der Waals surface area contributed by atoms with Gasteiger partial charge in [-0.05, 0) is 31.1 Å². The number of hydrogen-bond acceptors (Lipinski definition) is 7. The summed E-state index contributed by atoms with van der Waals surface area (Å²) in [6, 6.07) is -4.00. The van der Waals surface area contributed by atoms with Gasteiger partial charge >= 0.3 is 5.97 Å². The number of amides is 3. The van der Waals surface area contributed by atoms with Crippen molar-refractivity contribution in [3.63, 3.8) is 0 Å². The van der Waals surface area contributed by atoms with E-state index < -0.39 is 47.9 Å². The lowest BCUT2D eigenvalue weighted by molar-refractivity contribution is -0.142. The smallest absolute Gasteiger partial charge is 0.326 e. The molecule has 33 heavy (non-hydrogen) atoms. The van der Waals surface area contributed by atoms with Gasteiger partial charge in [0.25, 0.3) is 0 Å². The Balaban J connectivity index is 5.11. The third-order valence-electron chi connectivity index (χ3n) is 4.68. The molecule has 4 unspecified atom stereocenters. The van der Waals surface area contributed by atoms with Crippen LogP contribution < -0.4 is 33.2 Å². The molecule has 0 rings (SSSR count). The Morgan fingerprint density at radius 3 is 1.97 bits per heavy atom. The Kier molecular flexibility index (Phi) is 14.1. The number of hydrogen-bond donors (Lipinski definition) is 8. The van der Waals surface area contributed by atoms with E-state index >= 15 is 0 Å². The third-order valence-corrected chi connectivity index (χ3v) is 5.05.